The largest absolute Gasteiger partial charge is 0.468 e. The second-order valence-electron chi connectivity index (χ2n) is 6.89. The van der Waals surface area contributed by atoms with E-state index in [1.54, 1.807) is 0 Å². The van der Waals surface area contributed by atoms with Gasteiger partial charge in [0.15, 0.2) is 5.78 Å². The zero-order chi connectivity index (χ0) is 16.1. The van der Waals surface area contributed by atoms with Crippen LogP contribution in [0.5, 0.6) is 0 Å². The molecule has 0 spiro atoms. The molecule has 3 aliphatic rings. The molecule has 3 unspecified atom stereocenters. The van der Waals surface area contributed by atoms with Crippen LogP contribution in [0.4, 0.5) is 0 Å². The van der Waals surface area contributed by atoms with Crippen LogP contribution in [0.25, 0.3) is 0 Å². The van der Waals surface area contributed by atoms with Crippen LogP contribution in [-0.4, -0.2) is 48.9 Å². The number of carbonyl (C=O) groups is 2. The topological polar surface area (TPSA) is 58.6 Å². The summed E-state index contributed by atoms with van der Waals surface area (Å²) in [5.41, 5.74) is 1.08. The lowest BCUT2D eigenvalue weighted by Gasteiger charge is -2.40. The Morgan fingerprint density at radius 3 is 2.70 bits per heavy atom. The summed E-state index contributed by atoms with van der Waals surface area (Å²) in [6.45, 7) is 0. The van der Waals surface area contributed by atoms with Gasteiger partial charge >= 0.3 is 5.97 Å². The van der Waals surface area contributed by atoms with Crippen molar-refractivity contribution in [3.63, 3.8) is 0 Å². The summed E-state index contributed by atoms with van der Waals surface area (Å²) in [5, 5.41) is 3.41. The van der Waals surface area contributed by atoms with Gasteiger partial charge in [-0.25, -0.2) is 0 Å². The van der Waals surface area contributed by atoms with E-state index in [0.29, 0.717) is 0 Å². The number of ether oxygens (including phenoxy) is 1. The molecule has 2 bridgehead atoms. The lowest BCUT2D eigenvalue weighted by molar-refractivity contribution is -0.146. The van der Waals surface area contributed by atoms with E-state index >= 15 is 0 Å². The Balaban J connectivity index is 1.77. The fourth-order valence-corrected chi connectivity index (χ4v) is 4.97. The number of benzene rings is 1. The molecule has 1 aromatic carbocycles. The minimum Gasteiger partial charge on any atom is -0.468 e. The van der Waals surface area contributed by atoms with Crippen LogP contribution < -0.4 is 5.32 Å². The predicted molar refractivity (Wildman–Crippen MR) is 84.7 cm³/mol. The molecule has 1 aromatic rings. The number of methoxy groups -OCH3 is 1. The smallest absolute Gasteiger partial charge is 0.323 e. The van der Waals surface area contributed by atoms with Gasteiger partial charge in [-0.05, 0) is 25.5 Å². The summed E-state index contributed by atoms with van der Waals surface area (Å²) in [4.78, 5) is 27.6. The molecule has 0 amide bonds. The van der Waals surface area contributed by atoms with Crippen LogP contribution in [0.3, 0.4) is 0 Å². The summed E-state index contributed by atoms with van der Waals surface area (Å²) in [6.07, 6.45) is 1.88. The molecule has 23 heavy (non-hydrogen) atoms. The number of piperidine rings is 1. The number of nitrogens with zero attached hydrogens (tertiary/aromatic N) is 1. The van der Waals surface area contributed by atoms with E-state index in [9.17, 15) is 9.59 Å². The number of carbonyl (C=O) groups excluding carboxylic acids is 2. The second-order valence-corrected chi connectivity index (χ2v) is 6.89. The minimum absolute atomic E-state index is 0.00524. The standard InChI is InChI=1S/C18H22N2O3/c1-20-11-8-9-12(20)17(21)14-13(11)16(18(22)23-2)19-15(14)10-6-4-3-5-7-10/h3-7,11-16,19H,8-9H2,1-2H3/t11-,12+,13?,14?,15?,16-/m0/s1. The monoisotopic (exact) mass is 314 g/mol. The van der Waals surface area contributed by atoms with Gasteiger partial charge < -0.3 is 4.74 Å². The average Bonchev–Trinajstić information content (AvgIpc) is 3.11. The molecule has 0 saturated carbocycles. The van der Waals surface area contributed by atoms with Crippen molar-refractivity contribution in [2.45, 2.75) is 37.0 Å². The third-order valence-corrected chi connectivity index (χ3v) is 5.98. The Morgan fingerprint density at radius 1 is 1.26 bits per heavy atom. The first-order valence-electron chi connectivity index (χ1n) is 8.28. The molecular formula is C18H22N2O3. The number of fused-ring (bicyclic) bond motifs is 4. The van der Waals surface area contributed by atoms with Crippen molar-refractivity contribution in [2.24, 2.45) is 11.8 Å². The molecule has 0 aliphatic carbocycles. The highest BCUT2D eigenvalue weighted by Gasteiger charge is 2.61. The Bertz CT molecular complexity index is 632. The van der Waals surface area contributed by atoms with Crippen LogP contribution >= 0.6 is 0 Å². The molecule has 3 heterocycles. The molecule has 6 atom stereocenters. The fourth-order valence-electron chi connectivity index (χ4n) is 4.97. The molecule has 4 rings (SSSR count). The highest BCUT2D eigenvalue weighted by Crippen LogP contribution is 2.49. The number of esters is 1. The van der Waals surface area contributed by atoms with E-state index in [1.807, 2.05) is 37.4 Å². The van der Waals surface area contributed by atoms with E-state index in [4.69, 9.17) is 4.74 Å². The van der Waals surface area contributed by atoms with E-state index in [-0.39, 0.29) is 41.7 Å². The van der Waals surface area contributed by atoms with Gasteiger partial charge in [0.05, 0.1) is 13.2 Å². The molecule has 5 heteroatoms. The summed E-state index contributed by atoms with van der Waals surface area (Å²) < 4.78 is 5.01. The Labute approximate surface area is 136 Å². The number of hydrogen-bond donors (Lipinski definition) is 1. The van der Waals surface area contributed by atoms with Gasteiger partial charge in [-0.15, -0.1) is 0 Å². The van der Waals surface area contributed by atoms with Crippen molar-refractivity contribution in [1.29, 1.82) is 0 Å². The molecule has 3 saturated heterocycles. The Hall–Kier alpha value is -1.72. The molecule has 3 aliphatic heterocycles. The number of rotatable bonds is 2. The summed E-state index contributed by atoms with van der Waals surface area (Å²) >= 11 is 0. The summed E-state index contributed by atoms with van der Waals surface area (Å²) in [5.74, 6) is -0.136. The number of nitrogens with one attached hydrogen (secondary N) is 1. The molecule has 0 aromatic heterocycles. The van der Waals surface area contributed by atoms with E-state index in [2.05, 4.69) is 10.2 Å². The lowest BCUT2D eigenvalue weighted by Crippen LogP contribution is -2.55. The number of likely N-dealkylation sites (N-methyl/N-ethyl adjacent to an activating group) is 1. The maximum absolute atomic E-state index is 13.1. The number of ketones is 1. The maximum atomic E-state index is 13.1. The van der Waals surface area contributed by atoms with Crippen molar-refractivity contribution in [3.05, 3.63) is 35.9 Å². The molecule has 3 fully saturated rings. The van der Waals surface area contributed by atoms with Gasteiger partial charge in [0.1, 0.15) is 6.04 Å². The van der Waals surface area contributed by atoms with E-state index in [0.717, 1.165) is 18.4 Å². The van der Waals surface area contributed by atoms with Crippen LogP contribution in [0, 0.1) is 11.8 Å². The van der Waals surface area contributed by atoms with Crippen molar-refractivity contribution >= 4 is 11.8 Å². The van der Waals surface area contributed by atoms with Gasteiger partial charge in [0.2, 0.25) is 0 Å². The fraction of sp³-hybridized carbons (Fsp3) is 0.556. The molecule has 5 nitrogen and oxygen atoms in total. The highest BCUT2D eigenvalue weighted by molar-refractivity contribution is 5.91. The zero-order valence-electron chi connectivity index (χ0n) is 13.4. The van der Waals surface area contributed by atoms with Crippen molar-refractivity contribution in [2.75, 3.05) is 14.2 Å². The number of hydrogen-bond acceptors (Lipinski definition) is 5. The van der Waals surface area contributed by atoms with Crippen LogP contribution in [0.2, 0.25) is 0 Å². The Kier molecular flexibility index (Phi) is 3.50. The van der Waals surface area contributed by atoms with Crippen molar-refractivity contribution < 1.29 is 14.3 Å². The SMILES string of the molecule is COC(=O)[C@H]1NC(c2ccccc2)C2C(=O)[C@H]3CC[C@@H](C21)N3C. The zero-order valence-corrected chi connectivity index (χ0v) is 13.4. The first kappa shape index (κ1) is 14.8. The van der Waals surface area contributed by atoms with Crippen LogP contribution in [-0.2, 0) is 14.3 Å². The normalized spacial score (nSPS) is 39.3. The van der Waals surface area contributed by atoms with Crippen LogP contribution in [0.15, 0.2) is 30.3 Å². The van der Waals surface area contributed by atoms with Gasteiger partial charge in [-0.1, -0.05) is 30.3 Å². The highest BCUT2D eigenvalue weighted by atomic mass is 16.5. The predicted octanol–water partition coefficient (Wildman–Crippen LogP) is 1.15. The van der Waals surface area contributed by atoms with Crippen molar-refractivity contribution in [3.8, 4) is 0 Å². The molecular weight excluding hydrogens is 292 g/mol. The third-order valence-electron chi connectivity index (χ3n) is 5.98. The maximum Gasteiger partial charge on any atom is 0.323 e. The van der Waals surface area contributed by atoms with Gasteiger partial charge in [-0.2, -0.15) is 0 Å². The van der Waals surface area contributed by atoms with Gasteiger partial charge in [0, 0.05) is 23.9 Å². The summed E-state index contributed by atoms with van der Waals surface area (Å²) in [7, 11) is 3.43. The van der Waals surface area contributed by atoms with E-state index < -0.39 is 6.04 Å². The average molecular weight is 314 g/mol. The van der Waals surface area contributed by atoms with Crippen LogP contribution in [0.1, 0.15) is 24.4 Å². The van der Waals surface area contributed by atoms with Gasteiger partial charge in [-0.3, -0.25) is 19.8 Å². The second kappa shape index (κ2) is 5.42. The molecule has 0 radical (unpaired) electrons. The first-order valence-corrected chi connectivity index (χ1v) is 8.28. The minimum atomic E-state index is -0.411. The number of Topliss-reactive ketones (excluding diaryl/α,β-unsaturated/α-hetero) is 1. The summed E-state index contributed by atoms with van der Waals surface area (Å²) in [6, 6.07) is 9.74. The first-order chi connectivity index (χ1) is 11.1. The molecule has 1 N–H and O–H groups in total. The third kappa shape index (κ3) is 2.07. The van der Waals surface area contributed by atoms with Crippen molar-refractivity contribution in [1.82, 2.24) is 10.2 Å². The lowest BCUT2D eigenvalue weighted by atomic mass is 9.74. The Morgan fingerprint density at radius 2 is 2.00 bits per heavy atom. The van der Waals surface area contributed by atoms with Gasteiger partial charge in [0.25, 0.3) is 0 Å². The molecule has 122 valence electrons. The quantitative estimate of drug-likeness (QED) is 0.830. The van der Waals surface area contributed by atoms with E-state index in [1.165, 1.54) is 7.11 Å².